The summed E-state index contributed by atoms with van der Waals surface area (Å²) >= 11 is 4.52. The average Bonchev–Trinajstić information content (AvgIpc) is 2.15. The van der Waals surface area contributed by atoms with Crippen LogP contribution in [-0.2, 0) is 10.2 Å². The van der Waals surface area contributed by atoms with Crippen LogP contribution in [0.1, 0.15) is 26.2 Å². The van der Waals surface area contributed by atoms with E-state index in [2.05, 4.69) is 22.5 Å². The molecule has 0 aromatic carbocycles. The summed E-state index contributed by atoms with van der Waals surface area (Å²) in [7, 11) is -3.52. The smallest absolute Gasteiger partial charge is 0.296 e. The van der Waals surface area contributed by atoms with Crippen LogP contribution in [0.5, 0.6) is 0 Å². The van der Waals surface area contributed by atoms with Gasteiger partial charge in [0, 0.05) is 12.6 Å². The van der Waals surface area contributed by atoms with E-state index in [0.717, 1.165) is 19.3 Å². The van der Waals surface area contributed by atoms with Crippen molar-refractivity contribution in [3.05, 3.63) is 0 Å². The summed E-state index contributed by atoms with van der Waals surface area (Å²) in [6.07, 6.45) is 2.84. The second-order valence-electron chi connectivity index (χ2n) is 3.55. The fourth-order valence-electron chi connectivity index (χ4n) is 1.60. The van der Waals surface area contributed by atoms with Crippen LogP contribution in [0.2, 0.25) is 0 Å². The van der Waals surface area contributed by atoms with Gasteiger partial charge < -0.3 is 5.73 Å². The molecule has 4 N–H and O–H groups in total. The molecule has 1 saturated heterocycles. The minimum atomic E-state index is -3.52. The van der Waals surface area contributed by atoms with Crippen LogP contribution < -0.4 is 16.0 Å². The maximum Gasteiger partial charge on any atom is 0.296 e. The predicted molar refractivity (Wildman–Crippen MR) is 62.0 cm³/mol. The predicted octanol–water partition coefficient (Wildman–Crippen LogP) is -0.557. The normalized spacial score (nSPS) is 23.7. The van der Waals surface area contributed by atoms with Crippen molar-refractivity contribution in [3.8, 4) is 0 Å². The largest absolute Gasteiger partial charge is 0.375 e. The first-order valence-electron chi connectivity index (χ1n) is 4.77. The molecule has 0 aromatic rings. The highest BCUT2D eigenvalue weighted by atomic mass is 32.2. The molecule has 1 unspecified atom stereocenters. The highest BCUT2D eigenvalue weighted by Crippen LogP contribution is 2.18. The lowest BCUT2D eigenvalue weighted by molar-refractivity contribution is 0.264. The van der Waals surface area contributed by atoms with Gasteiger partial charge in [0.15, 0.2) is 5.11 Å². The zero-order valence-corrected chi connectivity index (χ0v) is 10.2. The Hall–Kier alpha value is -0.440. The maximum atomic E-state index is 11.7. The molecule has 0 spiro atoms. The van der Waals surface area contributed by atoms with Crippen LogP contribution >= 0.6 is 12.2 Å². The first kappa shape index (κ1) is 12.6. The monoisotopic (exact) mass is 252 g/mol. The van der Waals surface area contributed by atoms with Gasteiger partial charge in [0.25, 0.3) is 10.2 Å². The van der Waals surface area contributed by atoms with Crippen LogP contribution in [0.25, 0.3) is 0 Å². The molecule has 1 aliphatic heterocycles. The molecule has 6 nitrogen and oxygen atoms in total. The zero-order valence-electron chi connectivity index (χ0n) is 8.56. The van der Waals surface area contributed by atoms with Crippen molar-refractivity contribution in [2.75, 3.05) is 6.54 Å². The van der Waals surface area contributed by atoms with E-state index < -0.39 is 10.2 Å². The summed E-state index contributed by atoms with van der Waals surface area (Å²) in [5.74, 6) is 0. The molecule has 0 bridgehead atoms. The van der Waals surface area contributed by atoms with Gasteiger partial charge in [-0.1, -0.05) is 6.42 Å². The van der Waals surface area contributed by atoms with Gasteiger partial charge in [-0.05, 0) is 32.0 Å². The number of hydrogen-bond acceptors (Lipinski definition) is 3. The standard InChI is InChI=1S/C7H16N4O2S2/c1-6-4-2-3-5-11(6)15(12,13)10-9-7(8)14/h6,10H,2-5H2,1H3,(H3,8,9,14). The van der Waals surface area contributed by atoms with E-state index in [9.17, 15) is 8.42 Å². The first-order valence-corrected chi connectivity index (χ1v) is 6.62. The van der Waals surface area contributed by atoms with Gasteiger partial charge in [-0.25, -0.2) is 0 Å². The molecule has 1 atom stereocenters. The molecule has 1 aliphatic rings. The second kappa shape index (κ2) is 5.06. The number of hydrazine groups is 1. The number of nitrogens with two attached hydrogens (primary N) is 1. The maximum absolute atomic E-state index is 11.7. The Morgan fingerprint density at radius 2 is 2.20 bits per heavy atom. The number of nitrogens with one attached hydrogen (secondary N) is 2. The third-order valence-corrected chi connectivity index (χ3v) is 3.98. The second-order valence-corrected chi connectivity index (χ2v) is 5.61. The molecule has 0 saturated carbocycles. The lowest BCUT2D eigenvalue weighted by Crippen LogP contribution is -2.54. The van der Waals surface area contributed by atoms with Crippen LogP contribution in [0.15, 0.2) is 0 Å². The Balaban J connectivity index is 2.63. The molecule has 15 heavy (non-hydrogen) atoms. The quantitative estimate of drug-likeness (QED) is 0.463. The van der Waals surface area contributed by atoms with Crippen molar-refractivity contribution in [1.29, 1.82) is 0 Å². The summed E-state index contributed by atoms with van der Waals surface area (Å²) in [6.45, 7) is 2.43. The fraction of sp³-hybridized carbons (Fsp3) is 0.857. The Kier molecular flexibility index (Phi) is 4.26. The molecule has 1 fully saturated rings. The molecule has 0 aromatic heterocycles. The van der Waals surface area contributed by atoms with E-state index in [-0.39, 0.29) is 11.2 Å². The topological polar surface area (TPSA) is 87.5 Å². The van der Waals surface area contributed by atoms with Gasteiger partial charge in [-0.2, -0.15) is 12.7 Å². The third-order valence-electron chi connectivity index (χ3n) is 2.35. The summed E-state index contributed by atoms with van der Waals surface area (Å²) in [6, 6.07) is 0.0180. The van der Waals surface area contributed by atoms with E-state index in [1.165, 1.54) is 4.31 Å². The molecule has 0 radical (unpaired) electrons. The van der Waals surface area contributed by atoms with Crippen molar-refractivity contribution in [2.24, 2.45) is 5.73 Å². The SMILES string of the molecule is CC1CCCCN1S(=O)(=O)NNC(N)=S. The van der Waals surface area contributed by atoms with Crippen molar-refractivity contribution in [2.45, 2.75) is 32.2 Å². The van der Waals surface area contributed by atoms with E-state index >= 15 is 0 Å². The van der Waals surface area contributed by atoms with Crippen LogP contribution in [0.4, 0.5) is 0 Å². The summed E-state index contributed by atoms with van der Waals surface area (Å²) in [4.78, 5) is 2.14. The molecule has 0 aliphatic carbocycles. The van der Waals surface area contributed by atoms with Gasteiger partial charge >= 0.3 is 0 Å². The molecule has 8 heteroatoms. The van der Waals surface area contributed by atoms with Gasteiger partial charge in [0.05, 0.1) is 0 Å². The van der Waals surface area contributed by atoms with E-state index in [0.29, 0.717) is 6.54 Å². The third kappa shape index (κ3) is 3.56. The van der Waals surface area contributed by atoms with Gasteiger partial charge in [-0.15, -0.1) is 4.83 Å². The molecule has 1 rings (SSSR count). The van der Waals surface area contributed by atoms with Gasteiger partial charge in [0.1, 0.15) is 0 Å². The van der Waals surface area contributed by atoms with Gasteiger partial charge in [0.2, 0.25) is 0 Å². The number of piperidine rings is 1. The van der Waals surface area contributed by atoms with E-state index in [1.54, 1.807) is 0 Å². The number of thiocarbonyl (C=S) groups is 1. The van der Waals surface area contributed by atoms with Crippen LogP contribution in [-0.4, -0.2) is 30.4 Å². The lowest BCUT2D eigenvalue weighted by Gasteiger charge is -2.32. The Bertz CT molecular complexity index is 330. The lowest BCUT2D eigenvalue weighted by atomic mass is 10.1. The highest BCUT2D eigenvalue weighted by molar-refractivity contribution is 7.87. The fourth-order valence-corrected chi connectivity index (χ4v) is 3.02. The molecule has 1 heterocycles. The van der Waals surface area contributed by atoms with Crippen molar-refractivity contribution in [3.63, 3.8) is 0 Å². The first-order chi connectivity index (χ1) is 6.93. The average molecular weight is 252 g/mol. The van der Waals surface area contributed by atoms with Crippen LogP contribution in [0, 0.1) is 0 Å². The molecular weight excluding hydrogens is 236 g/mol. The molecule has 88 valence electrons. The highest BCUT2D eigenvalue weighted by Gasteiger charge is 2.29. The minimum Gasteiger partial charge on any atom is -0.375 e. The molecular formula is C7H16N4O2S2. The Labute approximate surface area is 95.3 Å². The molecule has 0 amide bonds. The number of nitrogens with zero attached hydrogens (tertiary/aromatic N) is 1. The number of hydrogen-bond donors (Lipinski definition) is 3. The zero-order chi connectivity index (χ0) is 11.5. The van der Waals surface area contributed by atoms with Crippen molar-refractivity contribution < 1.29 is 8.42 Å². The Morgan fingerprint density at radius 1 is 1.53 bits per heavy atom. The summed E-state index contributed by atoms with van der Waals surface area (Å²) in [5, 5.41) is -0.0942. The van der Waals surface area contributed by atoms with E-state index in [4.69, 9.17) is 5.73 Å². The summed E-state index contributed by atoms with van der Waals surface area (Å²) < 4.78 is 24.9. The van der Waals surface area contributed by atoms with Crippen molar-refractivity contribution in [1.82, 2.24) is 14.6 Å². The van der Waals surface area contributed by atoms with Crippen LogP contribution in [0.3, 0.4) is 0 Å². The van der Waals surface area contributed by atoms with E-state index in [1.807, 2.05) is 6.92 Å². The minimum absolute atomic E-state index is 0.0180. The van der Waals surface area contributed by atoms with Gasteiger partial charge in [-0.3, -0.25) is 5.43 Å². The summed E-state index contributed by atoms with van der Waals surface area (Å²) in [5.41, 5.74) is 7.37. The number of rotatable bonds is 3. The Morgan fingerprint density at radius 3 is 2.73 bits per heavy atom. The van der Waals surface area contributed by atoms with Crippen molar-refractivity contribution >= 4 is 27.5 Å².